The lowest BCUT2D eigenvalue weighted by molar-refractivity contribution is -0.149. The second-order valence-electron chi connectivity index (χ2n) is 9.79. The van der Waals surface area contributed by atoms with E-state index >= 15 is 0 Å². The number of rotatable bonds is 7. The molecule has 2 heterocycles. The van der Waals surface area contributed by atoms with Gasteiger partial charge >= 0.3 is 5.97 Å². The van der Waals surface area contributed by atoms with Crippen molar-refractivity contribution in [1.82, 2.24) is 9.97 Å². The predicted octanol–water partition coefficient (Wildman–Crippen LogP) is 6.74. The monoisotopic (exact) mass is 481 g/mol. The minimum atomic E-state index is -0.660. The molecule has 0 spiro atoms. The fourth-order valence-corrected chi connectivity index (χ4v) is 3.83. The van der Waals surface area contributed by atoms with Crippen LogP contribution in [-0.2, 0) is 16.0 Å². The summed E-state index contributed by atoms with van der Waals surface area (Å²) in [5.74, 6) is 0.494. The van der Waals surface area contributed by atoms with E-state index in [2.05, 4.69) is 37.4 Å². The van der Waals surface area contributed by atoms with Crippen LogP contribution in [0.5, 0.6) is 0 Å². The van der Waals surface area contributed by atoms with Crippen LogP contribution in [0.4, 0.5) is 5.82 Å². The molecule has 0 aliphatic rings. The number of benzene rings is 2. The molecule has 184 valence electrons. The first kappa shape index (κ1) is 24.9. The standard InChI is InChI=1S/C30H31N3O3/c1-20-14-21(2)16-23(15-20)27-19-31-28(25(32-27)17-22-10-7-6-8-11-22)33-26(18-24-12-9-13-35-24)29(34)36-30(3,4)5/h6-16,18-19H,17H2,1-5H3,(H,31,33). The molecule has 0 amide bonds. The second kappa shape index (κ2) is 10.6. The summed E-state index contributed by atoms with van der Waals surface area (Å²) < 4.78 is 11.1. The molecule has 0 radical (unpaired) electrons. The van der Waals surface area contributed by atoms with E-state index in [1.54, 1.807) is 30.7 Å². The third kappa shape index (κ3) is 6.69. The normalized spacial score (nSPS) is 11.9. The summed E-state index contributed by atoms with van der Waals surface area (Å²) in [6, 6.07) is 19.9. The molecule has 0 aliphatic heterocycles. The van der Waals surface area contributed by atoms with E-state index in [1.807, 2.05) is 51.1 Å². The van der Waals surface area contributed by atoms with Gasteiger partial charge in [0.2, 0.25) is 0 Å². The third-order valence-electron chi connectivity index (χ3n) is 5.28. The first-order chi connectivity index (χ1) is 17.2. The maximum atomic E-state index is 13.1. The molecule has 6 heteroatoms. The van der Waals surface area contributed by atoms with E-state index in [4.69, 9.17) is 19.1 Å². The maximum Gasteiger partial charge on any atom is 0.355 e. The molecule has 4 rings (SSSR count). The number of hydrogen-bond donors (Lipinski definition) is 1. The topological polar surface area (TPSA) is 77.2 Å². The first-order valence-electron chi connectivity index (χ1n) is 11.9. The lowest BCUT2D eigenvalue weighted by Gasteiger charge is -2.21. The summed E-state index contributed by atoms with van der Waals surface area (Å²) in [6.07, 6.45) is 5.43. The fraction of sp³-hybridized carbons (Fsp3) is 0.233. The van der Waals surface area contributed by atoms with E-state index in [-0.39, 0.29) is 5.70 Å². The molecule has 0 bridgehead atoms. The van der Waals surface area contributed by atoms with Gasteiger partial charge in [0.05, 0.1) is 23.8 Å². The Morgan fingerprint density at radius 2 is 1.75 bits per heavy atom. The first-order valence-corrected chi connectivity index (χ1v) is 11.9. The van der Waals surface area contributed by atoms with Crippen molar-refractivity contribution in [2.24, 2.45) is 0 Å². The third-order valence-corrected chi connectivity index (χ3v) is 5.28. The van der Waals surface area contributed by atoms with Gasteiger partial charge in [-0.1, -0.05) is 47.5 Å². The number of carbonyl (C=O) groups is 1. The summed E-state index contributed by atoms with van der Waals surface area (Å²) in [4.78, 5) is 22.8. The highest BCUT2D eigenvalue weighted by Gasteiger charge is 2.22. The van der Waals surface area contributed by atoms with E-state index in [0.29, 0.717) is 23.7 Å². The van der Waals surface area contributed by atoms with Gasteiger partial charge < -0.3 is 14.5 Å². The highest BCUT2D eigenvalue weighted by Crippen LogP contribution is 2.25. The fourth-order valence-electron chi connectivity index (χ4n) is 3.83. The van der Waals surface area contributed by atoms with Crippen LogP contribution in [0, 0.1) is 13.8 Å². The van der Waals surface area contributed by atoms with Crippen LogP contribution < -0.4 is 5.32 Å². The van der Waals surface area contributed by atoms with Crippen LogP contribution in [0.2, 0.25) is 0 Å². The molecule has 2 aromatic carbocycles. The Morgan fingerprint density at radius 3 is 2.39 bits per heavy atom. The van der Waals surface area contributed by atoms with Crippen molar-refractivity contribution < 1.29 is 13.9 Å². The van der Waals surface area contributed by atoms with Gasteiger partial charge in [-0.25, -0.2) is 14.8 Å². The van der Waals surface area contributed by atoms with Gasteiger partial charge in [-0.15, -0.1) is 0 Å². The summed E-state index contributed by atoms with van der Waals surface area (Å²) in [6.45, 7) is 9.62. The number of aromatic nitrogens is 2. The van der Waals surface area contributed by atoms with Crippen molar-refractivity contribution in [3.63, 3.8) is 0 Å². The number of ether oxygens (including phenoxy) is 1. The number of carbonyl (C=O) groups excluding carboxylic acids is 1. The molecular formula is C30H31N3O3. The van der Waals surface area contributed by atoms with Crippen LogP contribution in [0.3, 0.4) is 0 Å². The number of esters is 1. The Morgan fingerprint density at radius 1 is 1.03 bits per heavy atom. The number of anilines is 1. The number of furan rings is 1. The van der Waals surface area contributed by atoms with E-state index in [0.717, 1.165) is 27.9 Å². The molecule has 4 aromatic rings. The SMILES string of the molecule is Cc1cc(C)cc(-c2cnc(NC(=Cc3ccco3)C(=O)OC(C)(C)C)c(Cc3ccccc3)n2)c1. The van der Waals surface area contributed by atoms with E-state index in [9.17, 15) is 4.79 Å². The molecule has 36 heavy (non-hydrogen) atoms. The summed E-state index contributed by atoms with van der Waals surface area (Å²) in [7, 11) is 0. The molecule has 0 saturated heterocycles. The molecule has 0 fully saturated rings. The number of hydrogen-bond acceptors (Lipinski definition) is 6. The Kier molecular flexibility index (Phi) is 7.34. The van der Waals surface area contributed by atoms with Gasteiger partial charge in [-0.2, -0.15) is 0 Å². The summed E-state index contributed by atoms with van der Waals surface area (Å²) in [5.41, 5.74) is 5.44. The van der Waals surface area contributed by atoms with Crippen LogP contribution in [0.15, 0.2) is 83.2 Å². The molecule has 0 unspecified atom stereocenters. The molecule has 1 N–H and O–H groups in total. The smallest absolute Gasteiger partial charge is 0.355 e. The Balaban J connectivity index is 1.76. The summed E-state index contributed by atoms with van der Waals surface area (Å²) >= 11 is 0. The average Bonchev–Trinajstić information content (AvgIpc) is 3.32. The van der Waals surface area contributed by atoms with Gasteiger partial charge in [0, 0.05) is 18.1 Å². The molecule has 0 saturated carbocycles. The number of nitrogens with one attached hydrogen (secondary N) is 1. The minimum absolute atomic E-state index is 0.211. The largest absolute Gasteiger partial charge is 0.465 e. The quantitative estimate of drug-likeness (QED) is 0.233. The lowest BCUT2D eigenvalue weighted by Crippen LogP contribution is -2.27. The van der Waals surface area contributed by atoms with Gasteiger partial charge in [0.25, 0.3) is 0 Å². The molecule has 0 aliphatic carbocycles. The Labute approximate surface area is 212 Å². The average molecular weight is 482 g/mol. The van der Waals surface area contributed by atoms with Crippen LogP contribution in [0.25, 0.3) is 17.3 Å². The molecule has 2 aromatic heterocycles. The summed E-state index contributed by atoms with van der Waals surface area (Å²) in [5, 5.41) is 3.18. The van der Waals surface area contributed by atoms with Gasteiger partial charge in [-0.05, 0) is 64.4 Å². The van der Waals surface area contributed by atoms with Gasteiger partial charge in [-0.3, -0.25) is 0 Å². The highest BCUT2D eigenvalue weighted by atomic mass is 16.6. The zero-order valence-electron chi connectivity index (χ0n) is 21.3. The molecular weight excluding hydrogens is 450 g/mol. The van der Waals surface area contributed by atoms with Crippen LogP contribution >= 0.6 is 0 Å². The lowest BCUT2D eigenvalue weighted by atomic mass is 10.0. The zero-order valence-corrected chi connectivity index (χ0v) is 21.3. The van der Waals surface area contributed by atoms with Gasteiger partial charge in [0.1, 0.15) is 17.1 Å². The Hall–Kier alpha value is -4.19. The van der Waals surface area contributed by atoms with Gasteiger partial charge in [0.15, 0.2) is 5.82 Å². The van der Waals surface area contributed by atoms with Crippen molar-refractivity contribution in [1.29, 1.82) is 0 Å². The van der Waals surface area contributed by atoms with Crippen LogP contribution in [-0.4, -0.2) is 21.5 Å². The zero-order chi connectivity index (χ0) is 25.7. The van der Waals surface area contributed by atoms with Crippen molar-refractivity contribution in [2.45, 2.75) is 46.6 Å². The number of aryl methyl sites for hydroxylation is 2. The predicted molar refractivity (Wildman–Crippen MR) is 142 cm³/mol. The van der Waals surface area contributed by atoms with E-state index in [1.165, 1.54) is 0 Å². The van der Waals surface area contributed by atoms with Crippen molar-refractivity contribution in [3.05, 3.63) is 107 Å². The van der Waals surface area contributed by atoms with E-state index < -0.39 is 11.6 Å². The molecule has 6 nitrogen and oxygen atoms in total. The van der Waals surface area contributed by atoms with Crippen LogP contribution in [0.1, 0.15) is 48.9 Å². The minimum Gasteiger partial charge on any atom is -0.465 e. The van der Waals surface area contributed by atoms with Crippen molar-refractivity contribution >= 4 is 17.9 Å². The Bertz CT molecular complexity index is 1350. The maximum absolute atomic E-state index is 13.1. The van der Waals surface area contributed by atoms with Crippen molar-refractivity contribution in [3.8, 4) is 11.3 Å². The molecule has 0 atom stereocenters. The van der Waals surface area contributed by atoms with Crippen molar-refractivity contribution in [2.75, 3.05) is 5.32 Å². The number of nitrogens with zero attached hydrogens (tertiary/aromatic N) is 2. The highest BCUT2D eigenvalue weighted by molar-refractivity contribution is 5.96. The second-order valence-corrected chi connectivity index (χ2v) is 9.79.